The lowest BCUT2D eigenvalue weighted by Gasteiger charge is -2.26. The summed E-state index contributed by atoms with van der Waals surface area (Å²) in [6.07, 6.45) is 1.63. The number of benzene rings is 1. The minimum atomic E-state index is -3.52. The summed E-state index contributed by atoms with van der Waals surface area (Å²) in [4.78, 5) is 16.3. The Kier molecular flexibility index (Phi) is 7.02. The number of nitrogens with zero attached hydrogens (tertiary/aromatic N) is 2. The van der Waals surface area contributed by atoms with Crippen LogP contribution in [0.4, 0.5) is 4.79 Å². The van der Waals surface area contributed by atoms with Crippen LogP contribution in [0.1, 0.15) is 11.1 Å². The Hall–Kier alpha value is -2.69. The van der Waals surface area contributed by atoms with Crippen LogP contribution in [0, 0.1) is 0 Å². The molecule has 10 heteroatoms. The molecule has 0 bridgehead atoms. The van der Waals surface area contributed by atoms with Crippen LogP contribution >= 0.6 is 0 Å². The number of urea groups is 1. The standard InChI is InChI=1S/C19H24N4O5S/c1-27-18-7-4-16(13-20-18)14-22-19(24)21-12-15-2-5-17(6-3-15)29(25,26)23-8-10-28-11-9-23/h2-7,13H,8-12,14H2,1H3,(H2,21,22,24). The molecule has 1 aliphatic heterocycles. The van der Waals surface area contributed by atoms with Gasteiger partial charge in [0.2, 0.25) is 15.9 Å². The van der Waals surface area contributed by atoms with Crippen LogP contribution in [0.3, 0.4) is 0 Å². The second kappa shape index (κ2) is 9.68. The second-order valence-corrected chi connectivity index (χ2v) is 8.34. The zero-order chi connectivity index (χ0) is 20.7. The molecule has 2 N–H and O–H groups in total. The van der Waals surface area contributed by atoms with Crippen molar-refractivity contribution in [3.63, 3.8) is 0 Å². The molecule has 3 rings (SSSR count). The largest absolute Gasteiger partial charge is 0.481 e. The number of nitrogens with one attached hydrogen (secondary N) is 2. The molecular weight excluding hydrogens is 396 g/mol. The van der Waals surface area contributed by atoms with Gasteiger partial charge in [0.15, 0.2) is 0 Å². The van der Waals surface area contributed by atoms with E-state index in [1.165, 1.54) is 11.4 Å². The Bertz CT molecular complexity index is 911. The van der Waals surface area contributed by atoms with Crippen molar-refractivity contribution in [1.82, 2.24) is 19.9 Å². The third-order valence-electron chi connectivity index (χ3n) is 4.44. The summed E-state index contributed by atoms with van der Waals surface area (Å²) in [7, 11) is -1.98. The van der Waals surface area contributed by atoms with E-state index in [1.54, 1.807) is 36.5 Å². The molecule has 0 atom stereocenters. The van der Waals surface area contributed by atoms with Crippen LogP contribution in [0.2, 0.25) is 0 Å². The maximum Gasteiger partial charge on any atom is 0.315 e. The molecule has 2 aromatic rings. The van der Waals surface area contributed by atoms with Crippen molar-refractivity contribution in [2.24, 2.45) is 0 Å². The van der Waals surface area contributed by atoms with Crippen molar-refractivity contribution in [1.29, 1.82) is 0 Å². The summed E-state index contributed by atoms with van der Waals surface area (Å²) in [6, 6.07) is 9.72. The lowest BCUT2D eigenvalue weighted by atomic mass is 10.2. The van der Waals surface area contributed by atoms with Gasteiger partial charge in [-0.1, -0.05) is 18.2 Å². The molecule has 156 valence electrons. The Morgan fingerprint density at radius 3 is 2.28 bits per heavy atom. The van der Waals surface area contributed by atoms with E-state index in [9.17, 15) is 13.2 Å². The van der Waals surface area contributed by atoms with Gasteiger partial charge < -0.3 is 20.1 Å². The van der Waals surface area contributed by atoms with Gasteiger partial charge in [-0.25, -0.2) is 18.2 Å². The van der Waals surface area contributed by atoms with Gasteiger partial charge in [0, 0.05) is 38.4 Å². The van der Waals surface area contributed by atoms with E-state index < -0.39 is 10.0 Å². The third-order valence-corrected chi connectivity index (χ3v) is 6.36. The predicted octanol–water partition coefficient (Wildman–Crippen LogP) is 1.11. The van der Waals surface area contributed by atoms with Gasteiger partial charge in [-0.05, 0) is 23.3 Å². The fourth-order valence-corrected chi connectivity index (χ4v) is 4.19. The molecule has 2 amide bonds. The molecule has 29 heavy (non-hydrogen) atoms. The molecule has 0 spiro atoms. The maximum atomic E-state index is 12.6. The number of morpholine rings is 1. The van der Waals surface area contributed by atoms with Crippen LogP contribution < -0.4 is 15.4 Å². The number of rotatable bonds is 7. The number of pyridine rings is 1. The van der Waals surface area contributed by atoms with Gasteiger partial charge in [-0.2, -0.15) is 4.31 Å². The fourth-order valence-electron chi connectivity index (χ4n) is 2.78. The first-order chi connectivity index (χ1) is 14.0. The van der Waals surface area contributed by atoms with Gasteiger partial charge in [0.1, 0.15) is 0 Å². The first kappa shape index (κ1) is 21.0. The summed E-state index contributed by atoms with van der Waals surface area (Å²) in [6.45, 7) is 2.14. The van der Waals surface area contributed by atoms with Gasteiger partial charge >= 0.3 is 6.03 Å². The third kappa shape index (κ3) is 5.66. The number of methoxy groups -OCH3 is 1. The van der Waals surface area contributed by atoms with E-state index in [0.717, 1.165) is 11.1 Å². The highest BCUT2D eigenvalue weighted by molar-refractivity contribution is 7.89. The van der Waals surface area contributed by atoms with E-state index >= 15 is 0 Å². The van der Waals surface area contributed by atoms with Crippen LogP contribution in [-0.4, -0.2) is 57.2 Å². The summed E-state index contributed by atoms with van der Waals surface area (Å²) < 4.78 is 36.8. The molecule has 0 unspecified atom stereocenters. The number of hydrogen-bond acceptors (Lipinski definition) is 6. The molecule has 1 aromatic carbocycles. The van der Waals surface area contributed by atoms with Crippen molar-refractivity contribution < 1.29 is 22.7 Å². The number of ether oxygens (including phenoxy) is 2. The molecule has 1 fully saturated rings. The number of aromatic nitrogens is 1. The van der Waals surface area contributed by atoms with E-state index in [1.807, 2.05) is 6.07 Å². The molecular formula is C19H24N4O5S. The van der Waals surface area contributed by atoms with Crippen LogP contribution in [0.25, 0.3) is 0 Å². The molecule has 9 nitrogen and oxygen atoms in total. The van der Waals surface area contributed by atoms with Crippen molar-refractivity contribution in [3.8, 4) is 5.88 Å². The predicted molar refractivity (Wildman–Crippen MR) is 106 cm³/mol. The Balaban J connectivity index is 1.48. The zero-order valence-electron chi connectivity index (χ0n) is 16.1. The van der Waals surface area contributed by atoms with Crippen molar-refractivity contribution >= 4 is 16.1 Å². The quantitative estimate of drug-likeness (QED) is 0.694. The average molecular weight is 420 g/mol. The summed E-state index contributed by atoms with van der Waals surface area (Å²) in [5.74, 6) is 0.511. The lowest BCUT2D eigenvalue weighted by Crippen LogP contribution is -2.40. The highest BCUT2D eigenvalue weighted by atomic mass is 32.2. The minimum absolute atomic E-state index is 0.236. The topological polar surface area (TPSA) is 110 Å². The van der Waals surface area contributed by atoms with Crippen molar-refractivity contribution in [2.45, 2.75) is 18.0 Å². The van der Waals surface area contributed by atoms with Crippen molar-refractivity contribution in [3.05, 3.63) is 53.7 Å². The molecule has 0 aliphatic carbocycles. The van der Waals surface area contributed by atoms with Gasteiger partial charge in [0.05, 0.1) is 25.2 Å². The number of amides is 2. The lowest BCUT2D eigenvalue weighted by molar-refractivity contribution is 0.0730. The van der Waals surface area contributed by atoms with Crippen LogP contribution in [0.5, 0.6) is 5.88 Å². The van der Waals surface area contributed by atoms with E-state index in [-0.39, 0.29) is 17.5 Å². The van der Waals surface area contributed by atoms with Gasteiger partial charge in [-0.3, -0.25) is 0 Å². The molecule has 1 aromatic heterocycles. The molecule has 0 radical (unpaired) electrons. The van der Waals surface area contributed by atoms with E-state index in [2.05, 4.69) is 15.6 Å². The minimum Gasteiger partial charge on any atom is -0.481 e. The Morgan fingerprint density at radius 1 is 1.07 bits per heavy atom. The van der Waals surface area contributed by atoms with E-state index in [4.69, 9.17) is 9.47 Å². The smallest absolute Gasteiger partial charge is 0.315 e. The van der Waals surface area contributed by atoms with Crippen LogP contribution in [-0.2, 0) is 27.8 Å². The summed E-state index contributed by atoms with van der Waals surface area (Å²) in [5.41, 5.74) is 1.64. The first-order valence-corrected chi connectivity index (χ1v) is 10.6. The maximum absolute atomic E-state index is 12.6. The van der Waals surface area contributed by atoms with Crippen LogP contribution in [0.15, 0.2) is 47.5 Å². The summed E-state index contributed by atoms with van der Waals surface area (Å²) in [5, 5.41) is 5.48. The Labute approximate surface area is 170 Å². The Morgan fingerprint density at radius 2 is 1.69 bits per heavy atom. The zero-order valence-corrected chi connectivity index (χ0v) is 16.9. The number of sulfonamides is 1. The monoisotopic (exact) mass is 420 g/mol. The molecule has 1 aliphatic rings. The average Bonchev–Trinajstić information content (AvgIpc) is 2.77. The number of carbonyl (C=O) groups is 1. The second-order valence-electron chi connectivity index (χ2n) is 6.41. The highest BCUT2D eigenvalue weighted by Crippen LogP contribution is 2.17. The van der Waals surface area contributed by atoms with Crippen molar-refractivity contribution in [2.75, 3.05) is 33.4 Å². The van der Waals surface area contributed by atoms with E-state index in [0.29, 0.717) is 38.7 Å². The first-order valence-electron chi connectivity index (χ1n) is 9.16. The SMILES string of the molecule is COc1ccc(CNC(=O)NCc2ccc(S(=O)(=O)N3CCOCC3)cc2)cn1. The fraction of sp³-hybridized carbons (Fsp3) is 0.368. The normalized spacial score (nSPS) is 14.9. The summed E-state index contributed by atoms with van der Waals surface area (Å²) >= 11 is 0. The van der Waals surface area contributed by atoms with Gasteiger partial charge in [0.25, 0.3) is 0 Å². The molecule has 2 heterocycles. The van der Waals surface area contributed by atoms with Gasteiger partial charge in [-0.15, -0.1) is 0 Å². The number of carbonyl (C=O) groups excluding carboxylic acids is 1. The molecule has 1 saturated heterocycles. The number of hydrogen-bond donors (Lipinski definition) is 2. The highest BCUT2D eigenvalue weighted by Gasteiger charge is 2.26. The molecule has 0 saturated carbocycles.